The van der Waals surface area contributed by atoms with Crippen LogP contribution in [0.2, 0.25) is 5.02 Å². The van der Waals surface area contributed by atoms with Gasteiger partial charge in [-0.05, 0) is 24.3 Å². The molecule has 22 heavy (non-hydrogen) atoms. The summed E-state index contributed by atoms with van der Waals surface area (Å²) < 4.78 is 18.2. The predicted molar refractivity (Wildman–Crippen MR) is 83.2 cm³/mol. The molecule has 0 aromatic heterocycles. The van der Waals surface area contributed by atoms with Crippen molar-refractivity contribution in [1.29, 1.82) is 0 Å². The summed E-state index contributed by atoms with van der Waals surface area (Å²) in [6.07, 6.45) is 0. The average Bonchev–Trinajstić information content (AvgIpc) is 2.54. The maximum atomic E-state index is 13.0. The zero-order chi connectivity index (χ0) is 15.8. The molecule has 0 bridgehead atoms. The standard InChI is InChI=1S/C17H13ClFNO2/c18-15-11-14(8-9-16(15)19)22-12-17(21)20-10-4-7-13-5-2-1-3-6-13/h1-3,5-6,8-9,11H,10,12H2,(H,20,21). The number of carbonyl (C=O) groups excluding carboxylic acids is 1. The first-order valence-corrected chi connectivity index (χ1v) is 6.91. The molecule has 112 valence electrons. The second kappa shape index (κ2) is 8.06. The molecule has 0 radical (unpaired) electrons. The first kappa shape index (κ1) is 15.9. The van der Waals surface area contributed by atoms with Crippen LogP contribution in [0.3, 0.4) is 0 Å². The van der Waals surface area contributed by atoms with Crippen molar-refractivity contribution >= 4 is 17.5 Å². The highest BCUT2D eigenvalue weighted by atomic mass is 35.5. The first-order valence-electron chi connectivity index (χ1n) is 6.53. The molecular formula is C17H13ClFNO2. The number of benzene rings is 2. The molecule has 0 heterocycles. The molecular weight excluding hydrogens is 305 g/mol. The van der Waals surface area contributed by atoms with Crippen LogP contribution in [0.25, 0.3) is 0 Å². The van der Waals surface area contributed by atoms with Crippen molar-refractivity contribution in [3.05, 3.63) is 64.9 Å². The molecule has 0 spiro atoms. The molecule has 0 aliphatic heterocycles. The van der Waals surface area contributed by atoms with E-state index >= 15 is 0 Å². The summed E-state index contributed by atoms with van der Waals surface area (Å²) in [5.74, 6) is 5.24. The van der Waals surface area contributed by atoms with Crippen LogP contribution in [0.5, 0.6) is 5.75 Å². The molecule has 1 N–H and O–H groups in total. The molecule has 3 nitrogen and oxygen atoms in total. The second-order valence-corrected chi connectivity index (χ2v) is 4.72. The predicted octanol–water partition coefficient (Wildman–Crippen LogP) is 3.03. The van der Waals surface area contributed by atoms with E-state index in [-0.39, 0.29) is 24.1 Å². The van der Waals surface area contributed by atoms with Crippen LogP contribution >= 0.6 is 11.6 Å². The fourth-order valence-corrected chi connectivity index (χ4v) is 1.75. The Morgan fingerprint density at radius 1 is 1.23 bits per heavy atom. The minimum absolute atomic E-state index is 0.0494. The number of nitrogens with one attached hydrogen (secondary N) is 1. The van der Waals surface area contributed by atoms with Crippen LogP contribution in [0.4, 0.5) is 4.39 Å². The van der Waals surface area contributed by atoms with Gasteiger partial charge in [0.15, 0.2) is 6.61 Å². The fourth-order valence-electron chi connectivity index (χ4n) is 1.58. The maximum absolute atomic E-state index is 13.0. The van der Waals surface area contributed by atoms with Gasteiger partial charge in [-0.3, -0.25) is 4.79 Å². The lowest BCUT2D eigenvalue weighted by molar-refractivity contribution is -0.122. The largest absolute Gasteiger partial charge is 0.484 e. The van der Waals surface area contributed by atoms with Gasteiger partial charge in [-0.2, -0.15) is 0 Å². The van der Waals surface area contributed by atoms with Gasteiger partial charge in [0.05, 0.1) is 11.6 Å². The van der Waals surface area contributed by atoms with Gasteiger partial charge in [0, 0.05) is 11.6 Å². The van der Waals surface area contributed by atoms with Crippen molar-refractivity contribution in [3.8, 4) is 17.6 Å². The molecule has 2 rings (SSSR count). The Morgan fingerprint density at radius 2 is 2.00 bits per heavy atom. The Labute approximate surface area is 133 Å². The Morgan fingerprint density at radius 3 is 2.73 bits per heavy atom. The molecule has 0 aliphatic rings. The van der Waals surface area contributed by atoms with Crippen LogP contribution in [0.1, 0.15) is 5.56 Å². The van der Waals surface area contributed by atoms with Gasteiger partial charge in [0.1, 0.15) is 11.6 Å². The van der Waals surface area contributed by atoms with E-state index in [9.17, 15) is 9.18 Å². The number of ether oxygens (including phenoxy) is 1. The Kier molecular flexibility index (Phi) is 5.81. The van der Waals surface area contributed by atoms with Crippen LogP contribution < -0.4 is 10.1 Å². The van der Waals surface area contributed by atoms with Gasteiger partial charge < -0.3 is 10.1 Å². The molecule has 0 atom stereocenters. The van der Waals surface area contributed by atoms with Crippen LogP contribution in [-0.2, 0) is 4.79 Å². The summed E-state index contributed by atoms with van der Waals surface area (Å²) in [6.45, 7) is 0.0379. The van der Waals surface area contributed by atoms with E-state index < -0.39 is 5.82 Å². The first-order chi connectivity index (χ1) is 10.6. The van der Waals surface area contributed by atoms with E-state index in [0.717, 1.165) is 5.56 Å². The van der Waals surface area contributed by atoms with Crippen LogP contribution in [-0.4, -0.2) is 19.1 Å². The van der Waals surface area contributed by atoms with Gasteiger partial charge in [-0.15, -0.1) is 0 Å². The quantitative estimate of drug-likeness (QED) is 0.880. The van der Waals surface area contributed by atoms with Crippen LogP contribution in [0, 0.1) is 17.7 Å². The van der Waals surface area contributed by atoms with Gasteiger partial charge in [-0.1, -0.05) is 41.6 Å². The maximum Gasteiger partial charge on any atom is 0.258 e. The van der Waals surface area contributed by atoms with Crippen molar-refractivity contribution in [1.82, 2.24) is 5.32 Å². The van der Waals surface area contributed by atoms with Crippen molar-refractivity contribution in [2.45, 2.75) is 0 Å². The molecule has 2 aromatic carbocycles. The molecule has 0 saturated carbocycles. The number of halogens is 2. The summed E-state index contributed by atoms with van der Waals surface area (Å²) in [5.41, 5.74) is 0.883. The Balaban J connectivity index is 1.74. The van der Waals surface area contributed by atoms with E-state index in [1.54, 1.807) is 0 Å². The van der Waals surface area contributed by atoms with Crippen molar-refractivity contribution < 1.29 is 13.9 Å². The van der Waals surface area contributed by atoms with E-state index in [0.29, 0.717) is 5.75 Å². The zero-order valence-electron chi connectivity index (χ0n) is 11.6. The number of amides is 1. The lowest BCUT2D eigenvalue weighted by Crippen LogP contribution is -2.29. The minimum atomic E-state index is -0.533. The zero-order valence-corrected chi connectivity index (χ0v) is 12.4. The number of carbonyl (C=O) groups is 1. The highest BCUT2D eigenvalue weighted by molar-refractivity contribution is 6.30. The molecule has 2 aromatic rings. The van der Waals surface area contributed by atoms with Gasteiger partial charge in [0.2, 0.25) is 0 Å². The lowest BCUT2D eigenvalue weighted by atomic mass is 10.2. The third-order valence-electron chi connectivity index (χ3n) is 2.64. The molecule has 0 fully saturated rings. The Hall–Kier alpha value is -2.51. The molecule has 5 heteroatoms. The second-order valence-electron chi connectivity index (χ2n) is 4.31. The van der Waals surface area contributed by atoms with Crippen molar-refractivity contribution in [2.75, 3.05) is 13.2 Å². The highest BCUT2D eigenvalue weighted by Crippen LogP contribution is 2.20. The summed E-state index contributed by atoms with van der Waals surface area (Å²) in [6, 6.07) is 13.4. The van der Waals surface area contributed by atoms with Crippen LogP contribution in [0.15, 0.2) is 48.5 Å². The third kappa shape index (κ3) is 5.12. The van der Waals surface area contributed by atoms with Crippen molar-refractivity contribution in [2.24, 2.45) is 0 Å². The molecule has 0 saturated heterocycles. The fraction of sp³-hybridized carbons (Fsp3) is 0.118. The summed E-state index contributed by atoms with van der Waals surface area (Å²) in [7, 11) is 0. The number of hydrogen-bond donors (Lipinski definition) is 1. The lowest BCUT2D eigenvalue weighted by Gasteiger charge is -2.06. The molecule has 0 unspecified atom stereocenters. The van der Waals surface area contributed by atoms with Gasteiger partial charge in [-0.25, -0.2) is 4.39 Å². The summed E-state index contributed by atoms with van der Waals surface area (Å²) in [4.78, 5) is 11.6. The van der Waals surface area contributed by atoms with E-state index in [4.69, 9.17) is 16.3 Å². The van der Waals surface area contributed by atoms with Gasteiger partial charge in [0.25, 0.3) is 5.91 Å². The smallest absolute Gasteiger partial charge is 0.258 e. The topological polar surface area (TPSA) is 38.3 Å². The third-order valence-corrected chi connectivity index (χ3v) is 2.93. The monoisotopic (exact) mass is 317 g/mol. The highest BCUT2D eigenvalue weighted by Gasteiger charge is 2.04. The normalized spacial score (nSPS) is 9.55. The summed E-state index contributed by atoms with van der Waals surface area (Å²) >= 11 is 5.62. The van der Waals surface area contributed by atoms with E-state index in [2.05, 4.69) is 17.2 Å². The SMILES string of the molecule is O=C(COc1ccc(F)c(Cl)c1)NCC#Cc1ccccc1. The van der Waals surface area contributed by atoms with Crippen molar-refractivity contribution in [3.63, 3.8) is 0 Å². The molecule has 0 aliphatic carbocycles. The van der Waals surface area contributed by atoms with E-state index in [1.165, 1.54) is 18.2 Å². The molecule has 1 amide bonds. The summed E-state index contributed by atoms with van der Waals surface area (Å²) in [5, 5.41) is 2.56. The minimum Gasteiger partial charge on any atom is -0.484 e. The average molecular weight is 318 g/mol. The number of rotatable bonds is 4. The Bertz CT molecular complexity index is 708. The van der Waals surface area contributed by atoms with Gasteiger partial charge >= 0.3 is 0 Å². The number of hydrogen-bond acceptors (Lipinski definition) is 2. The van der Waals surface area contributed by atoms with E-state index in [1.807, 2.05) is 30.3 Å².